The maximum absolute atomic E-state index is 13.1. The second kappa shape index (κ2) is 71.9. The molecule has 570 valence electrons. The highest BCUT2D eigenvalue weighted by Crippen LogP contribution is 2.45. The number of hydrogen-bond acceptors (Lipinski definition) is 15. The van der Waals surface area contributed by atoms with Gasteiger partial charge in [-0.05, 0) is 135 Å². The number of unbranched alkanes of at least 4 members (excludes halogenated alkanes) is 36. The number of ether oxygens (including phenoxy) is 4. The van der Waals surface area contributed by atoms with Crippen molar-refractivity contribution in [1.29, 1.82) is 0 Å². The van der Waals surface area contributed by atoms with Crippen molar-refractivity contribution in [1.82, 2.24) is 0 Å². The summed E-state index contributed by atoms with van der Waals surface area (Å²) in [5, 5.41) is 10.6. The topological polar surface area (TPSA) is 237 Å². The number of esters is 4. The fourth-order valence-electron chi connectivity index (χ4n) is 10.6. The van der Waals surface area contributed by atoms with E-state index < -0.39 is 97.5 Å². The zero-order valence-electron chi connectivity index (χ0n) is 62.2. The van der Waals surface area contributed by atoms with E-state index in [1.165, 1.54) is 96.3 Å². The summed E-state index contributed by atoms with van der Waals surface area (Å²) in [7, 11) is -9.95. The summed E-state index contributed by atoms with van der Waals surface area (Å²) >= 11 is 0. The van der Waals surface area contributed by atoms with E-state index in [9.17, 15) is 43.2 Å². The fraction of sp³-hybridized carbons (Fsp3) is 0.797. The van der Waals surface area contributed by atoms with Crippen molar-refractivity contribution in [3.8, 4) is 0 Å². The minimum absolute atomic E-state index is 0.0844. The Balaban J connectivity index is 5.32. The molecule has 3 N–H and O–H groups in total. The highest BCUT2D eigenvalue weighted by atomic mass is 31.2. The zero-order chi connectivity index (χ0) is 71.8. The van der Waals surface area contributed by atoms with Crippen LogP contribution in [0.3, 0.4) is 0 Å². The Bertz CT molecular complexity index is 2140. The van der Waals surface area contributed by atoms with Crippen molar-refractivity contribution in [2.45, 2.75) is 367 Å². The lowest BCUT2D eigenvalue weighted by atomic mass is 10.1. The molecule has 0 fully saturated rings. The summed E-state index contributed by atoms with van der Waals surface area (Å²) in [6.07, 6.45) is 71.7. The van der Waals surface area contributed by atoms with Gasteiger partial charge >= 0.3 is 39.5 Å². The molecule has 0 heterocycles. The maximum atomic E-state index is 13.1. The Morgan fingerprint density at radius 2 is 0.510 bits per heavy atom. The number of carbonyl (C=O) groups excluding carboxylic acids is 4. The predicted octanol–water partition coefficient (Wildman–Crippen LogP) is 22.4. The molecule has 0 aliphatic carbocycles. The second-order valence-corrected chi connectivity index (χ2v) is 29.2. The summed E-state index contributed by atoms with van der Waals surface area (Å²) in [6, 6.07) is 0. The maximum Gasteiger partial charge on any atom is 0.472 e. The monoisotopic (exact) mass is 1420 g/mol. The van der Waals surface area contributed by atoms with Crippen LogP contribution in [-0.4, -0.2) is 96.7 Å². The minimum atomic E-state index is -4.98. The molecular weight excluding hydrogens is 1280 g/mol. The van der Waals surface area contributed by atoms with Crippen LogP contribution in [0, 0.1) is 0 Å². The van der Waals surface area contributed by atoms with E-state index in [1.54, 1.807) is 0 Å². The summed E-state index contributed by atoms with van der Waals surface area (Å²) in [6.45, 7) is 4.79. The van der Waals surface area contributed by atoms with Crippen LogP contribution < -0.4 is 0 Å². The lowest BCUT2D eigenvalue weighted by Crippen LogP contribution is -2.30. The molecule has 98 heavy (non-hydrogen) atoms. The van der Waals surface area contributed by atoms with Gasteiger partial charge in [-0.2, -0.15) is 0 Å². The van der Waals surface area contributed by atoms with Crippen LogP contribution in [0.4, 0.5) is 0 Å². The van der Waals surface area contributed by atoms with Crippen LogP contribution in [0.2, 0.25) is 0 Å². The third-order valence-electron chi connectivity index (χ3n) is 16.6. The molecule has 0 rings (SSSR count). The second-order valence-electron chi connectivity index (χ2n) is 26.3. The number of aliphatic hydroxyl groups excluding tert-OH is 1. The van der Waals surface area contributed by atoms with Crippen molar-refractivity contribution in [2.24, 2.45) is 0 Å². The Kier molecular flexibility index (Phi) is 69.3. The van der Waals surface area contributed by atoms with Gasteiger partial charge < -0.3 is 33.8 Å². The van der Waals surface area contributed by atoms with Gasteiger partial charge in [0, 0.05) is 25.7 Å². The minimum Gasteiger partial charge on any atom is -0.462 e. The molecule has 0 spiro atoms. The highest BCUT2D eigenvalue weighted by molar-refractivity contribution is 7.47. The molecule has 0 aromatic rings. The van der Waals surface area contributed by atoms with Crippen LogP contribution in [0.5, 0.6) is 0 Å². The first-order chi connectivity index (χ1) is 47.7. The molecule has 0 aromatic carbocycles. The van der Waals surface area contributed by atoms with Crippen LogP contribution in [0.1, 0.15) is 349 Å². The number of rotatable bonds is 74. The Morgan fingerprint density at radius 3 is 0.837 bits per heavy atom. The molecule has 17 nitrogen and oxygen atoms in total. The molecule has 0 amide bonds. The lowest BCUT2D eigenvalue weighted by Gasteiger charge is -2.21. The van der Waals surface area contributed by atoms with Gasteiger partial charge in [0.05, 0.1) is 26.4 Å². The molecule has 19 heteroatoms. The van der Waals surface area contributed by atoms with Gasteiger partial charge in [-0.15, -0.1) is 0 Å². The van der Waals surface area contributed by atoms with Crippen LogP contribution >= 0.6 is 15.6 Å². The number of allylic oxidation sites excluding steroid dienone is 12. The summed E-state index contributed by atoms with van der Waals surface area (Å²) in [5.74, 6) is -2.20. The molecule has 0 aromatic heterocycles. The molecule has 5 unspecified atom stereocenters. The molecule has 0 saturated carbocycles. The number of carbonyl (C=O) groups is 4. The molecule has 0 saturated heterocycles. The van der Waals surface area contributed by atoms with Gasteiger partial charge in [-0.25, -0.2) is 9.13 Å². The molecule has 0 aliphatic heterocycles. The first kappa shape index (κ1) is 94.5. The summed E-state index contributed by atoms with van der Waals surface area (Å²) in [5.41, 5.74) is 0. The van der Waals surface area contributed by atoms with E-state index in [1.807, 2.05) is 0 Å². The molecular formula is C79H142O17P2. The van der Waals surface area contributed by atoms with E-state index >= 15 is 0 Å². The molecule has 0 aliphatic rings. The third kappa shape index (κ3) is 70.9. The van der Waals surface area contributed by atoms with Crippen molar-refractivity contribution in [3.63, 3.8) is 0 Å². The van der Waals surface area contributed by atoms with Gasteiger partial charge in [0.1, 0.15) is 19.3 Å². The van der Waals surface area contributed by atoms with Gasteiger partial charge in [-0.3, -0.25) is 37.3 Å². The van der Waals surface area contributed by atoms with Gasteiger partial charge in [0.25, 0.3) is 0 Å². The van der Waals surface area contributed by atoms with E-state index in [4.69, 9.17) is 37.0 Å². The average molecular weight is 1430 g/mol. The van der Waals surface area contributed by atoms with Crippen LogP contribution in [-0.2, 0) is 65.4 Å². The molecule has 0 bridgehead atoms. The Morgan fingerprint density at radius 1 is 0.286 bits per heavy atom. The van der Waals surface area contributed by atoms with Crippen LogP contribution in [0.15, 0.2) is 72.9 Å². The van der Waals surface area contributed by atoms with Gasteiger partial charge in [0.15, 0.2) is 12.2 Å². The summed E-state index contributed by atoms with van der Waals surface area (Å²) < 4.78 is 68.5. The van der Waals surface area contributed by atoms with Crippen molar-refractivity contribution >= 4 is 39.5 Å². The number of phosphoric acid groups is 2. The van der Waals surface area contributed by atoms with Crippen LogP contribution in [0.25, 0.3) is 0 Å². The zero-order valence-corrected chi connectivity index (χ0v) is 64.0. The van der Waals surface area contributed by atoms with Crippen molar-refractivity contribution in [3.05, 3.63) is 72.9 Å². The Hall–Kier alpha value is -3.50. The molecule has 0 radical (unpaired) electrons. The van der Waals surface area contributed by atoms with E-state index in [0.29, 0.717) is 25.7 Å². The molecule has 5 atom stereocenters. The lowest BCUT2D eigenvalue weighted by molar-refractivity contribution is -0.161. The van der Waals surface area contributed by atoms with Gasteiger partial charge in [-0.1, -0.05) is 261 Å². The fourth-order valence-corrected chi connectivity index (χ4v) is 12.1. The largest absolute Gasteiger partial charge is 0.472 e. The smallest absolute Gasteiger partial charge is 0.462 e. The predicted molar refractivity (Wildman–Crippen MR) is 400 cm³/mol. The normalized spacial score (nSPS) is 14.3. The standard InChI is InChI=1S/C79H142O17P2/c1-5-9-13-17-21-25-29-32-34-35-36-37-39-41-45-48-52-56-60-64-77(82)90-70-75(96-79(84)66-62-58-54-50-46-42-38-33-30-26-22-18-14-10-6-2)72-94-98(87,88)92-68-73(80)67-91-97(85,86)93-71-74(95-78(83)65-61-57-53-49-43-28-24-20-16-12-8-4)69-89-76(81)63-59-55-51-47-44-40-31-27-23-19-15-11-7-3/h20-21,24-25,27,31-34,36-38,73-75,80H,5-19,22-23,26,28-30,35,39-72H2,1-4H3,(H,85,86)(H,87,88)/b24-20-,25-21-,31-27-,34-32-,37-36-,38-33-. The first-order valence-electron chi connectivity index (χ1n) is 39.2. The van der Waals surface area contributed by atoms with E-state index in [-0.39, 0.29) is 25.7 Å². The highest BCUT2D eigenvalue weighted by Gasteiger charge is 2.30. The average Bonchev–Trinajstić information content (AvgIpc) is 0.981. The quantitative estimate of drug-likeness (QED) is 0.0169. The SMILES string of the molecule is CCCC/C=C\CCCCCCCC(=O)OC(COC(=O)CCCCCCC/C=C\CCCCCC)COP(=O)(O)OCC(O)COP(=O)(O)OCC(COC(=O)CCCCCCCC/C=C\C/C=C\C/C=C\CCCCC)OC(=O)CCCCCCC/C=C\CCCCCCCC. The van der Waals surface area contributed by atoms with Gasteiger partial charge in [0.2, 0.25) is 0 Å². The van der Waals surface area contributed by atoms with Crippen molar-refractivity contribution in [2.75, 3.05) is 39.6 Å². The van der Waals surface area contributed by atoms with E-state index in [2.05, 4.69) is 101 Å². The van der Waals surface area contributed by atoms with Crippen molar-refractivity contribution < 1.29 is 80.2 Å². The number of phosphoric ester groups is 2. The van der Waals surface area contributed by atoms with E-state index in [0.717, 1.165) is 173 Å². The first-order valence-corrected chi connectivity index (χ1v) is 42.2. The Labute approximate surface area is 596 Å². The number of hydrogen-bond donors (Lipinski definition) is 3. The third-order valence-corrected chi connectivity index (χ3v) is 18.5. The number of aliphatic hydroxyl groups is 1. The summed E-state index contributed by atoms with van der Waals surface area (Å²) in [4.78, 5) is 72.8.